The van der Waals surface area contributed by atoms with Gasteiger partial charge < -0.3 is 19.2 Å². The number of halogens is 3. The predicted octanol–water partition coefficient (Wildman–Crippen LogP) is 4.77. The fourth-order valence-corrected chi connectivity index (χ4v) is 2.59. The third-order valence-electron chi connectivity index (χ3n) is 4.00. The van der Waals surface area contributed by atoms with Crippen LogP contribution in [0.1, 0.15) is 16.1 Å². The highest BCUT2D eigenvalue weighted by Crippen LogP contribution is 2.32. The molecule has 0 fully saturated rings. The van der Waals surface area contributed by atoms with Crippen molar-refractivity contribution in [2.45, 2.75) is 6.18 Å². The average Bonchev–Trinajstić information content (AvgIpc) is 3.22. The van der Waals surface area contributed by atoms with E-state index in [2.05, 4.69) is 5.32 Å². The molecule has 0 bridgehead atoms. The predicted molar refractivity (Wildman–Crippen MR) is 101 cm³/mol. The van der Waals surface area contributed by atoms with Gasteiger partial charge in [0.2, 0.25) is 5.76 Å². The quantitative estimate of drug-likeness (QED) is 0.583. The Bertz CT molecular complexity index is 1060. The Labute approximate surface area is 169 Å². The summed E-state index contributed by atoms with van der Waals surface area (Å²) in [5, 5.41) is 2.54. The van der Waals surface area contributed by atoms with Crippen LogP contribution >= 0.6 is 0 Å². The maximum atomic E-state index is 12.8. The van der Waals surface area contributed by atoms with Crippen LogP contribution in [0.4, 0.5) is 18.9 Å². The van der Waals surface area contributed by atoms with Crippen molar-refractivity contribution >= 4 is 17.6 Å². The maximum absolute atomic E-state index is 12.8. The fourth-order valence-electron chi connectivity index (χ4n) is 2.59. The van der Waals surface area contributed by atoms with Crippen LogP contribution in [-0.4, -0.2) is 25.6 Å². The van der Waals surface area contributed by atoms with E-state index in [1.54, 1.807) is 24.3 Å². The topological polar surface area (TPSA) is 77.8 Å². The number of methoxy groups -OCH3 is 1. The van der Waals surface area contributed by atoms with E-state index in [-0.39, 0.29) is 17.1 Å². The number of ether oxygens (including phenoxy) is 2. The summed E-state index contributed by atoms with van der Waals surface area (Å²) < 4.78 is 53.8. The van der Waals surface area contributed by atoms with Crippen LogP contribution in [0, 0.1) is 0 Å². The number of hydrogen-bond acceptors (Lipinski definition) is 5. The van der Waals surface area contributed by atoms with E-state index in [1.807, 2.05) is 0 Å². The van der Waals surface area contributed by atoms with Crippen LogP contribution in [0.15, 0.2) is 65.1 Å². The monoisotopic (exact) mass is 419 g/mol. The zero-order valence-corrected chi connectivity index (χ0v) is 15.7. The summed E-state index contributed by atoms with van der Waals surface area (Å²) >= 11 is 0. The first kappa shape index (κ1) is 21.0. The van der Waals surface area contributed by atoms with Gasteiger partial charge in [0.1, 0.15) is 11.5 Å². The average molecular weight is 419 g/mol. The molecule has 0 saturated heterocycles. The minimum Gasteiger partial charge on any atom is -0.495 e. The molecule has 1 heterocycles. The molecule has 1 aromatic heterocycles. The van der Waals surface area contributed by atoms with E-state index in [4.69, 9.17) is 13.9 Å². The first-order chi connectivity index (χ1) is 14.3. The Kier molecular flexibility index (Phi) is 6.10. The van der Waals surface area contributed by atoms with Gasteiger partial charge in [0.05, 0.1) is 18.4 Å². The molecule has 0 radical (unpaired) electrons. The maximum Gasteiger partial charge on any atom is 0.416 e. The number of hydrogen-bond donors (Lipinski definition) is 1. The smallest absolute Gasteiger partial charge is 0.416 e. The number of rotatable bonds is 6. The largest absolute Gasteiger partial charge is 0.495 e. The molecule has 30 heavy (non-hydrogen) atoms. The van der Waals surface area contributed by atoms with Gasteiger partial charge in [-0.15, -0.1) is 0 Å². The lowest BCUT2D eigenvalue weighted by atomic mass is 10.1. The van der Waals surface area contributed by atoms with Crippen molar-refractivity contribution in [2.75, 3.05) is 19.0 Å². The van der Waals surface area contributed by atoms with Gasteiger partial charge in [0, 0.05) is 5.56 Å². The molecular weight excluding hydrogens is 403 g/mol. The Hall–Kier alpha value is -3.75. The molecule has 1 N–H and O–H groups in total. The van der Waals surface area contributed by atoms with Crippen molar-refractivity contribution in [3.8, 4) is 17.1 Å². The lowest BCUT2D eigenvalue weighted by molar-refractivity contribution is -0.137. The SMILES string of the molecule is COc1ccccc1NC(=O)COC(=O)c1ccc(-c2cccc(C(F)(F)F)c2)o1. The van der Waals surface area contributed by atoms with Gasteiger partial charge in [0.15, 0.2) is 6.61 Å². The van der Waals surface area contributed by atoms with E-state index in [1.165, 1.54) is 31.4 Å². The van der Waals surface area contributed by atoms with Crippen molar-refractivity contribution in [1.82, 2.24) is 0 Å². The molecule has 0 aliphatic carbocycles. The molecule has 9 heteroatoms. The van der Waals surface area contributed by atoms with Gasteiger partial charge in [-0.1, -0.05) is 24.3 Å². The highest BCUT2D eigenvalue weighted by atomic mass is 19.4. The van der Waals surface area contributed by atoms with Crippen LogP contribution in [0.25, 0.3) is 11.3 Å². The molecule has 0 saturated carbocycles. The number of esters is 1. The Balaban J connectivity index is 1.62. The van der Waals surface area contributed by atoms with Crippen LogP contribution in [-0.2, 0) is 15.7 Å². The van der Waals surface area contributed by atoms with Crippen molar-refractivity contribution < 1.29 is 36.7 Å². The third-order valence-corrected chi connectivity index (χ3v) is 4.00. The molecular formula is C21H16F3NO5. The second-order valence-corrected chi connectivity index (χ2v) is 6.07. The van der Waals surface area contributed by atoms with Gasteiger partial charge in [-0.05, 0) is 36.4 Å². The highest BCUT2D eigenvalue weighted by Gasteiger charge is 2.30. The minimum atomic E-state index is -4.50. The van der Waals surface area contributed by atoms with Crippen LogP contribution < -0.4 is 10.1 Å². The molecule has 0 spiro atoms. The molecule has 6 nitrogen and oxygen atoms in total. The Morgan fingerprint density at radius 3 is 2.53 bits per heavy atom. The van der Waals surface area contributed by atoms with Crippen molar-refractivity contribution in [3.05, 3.63) is 72.0 Å². The van der Waals surface area contributed by atoms with Crippen molar-refractivity contribution in [2.24, 2.45) is 0 Å². The van der Waals surface area contributed by atoms with Gasteiger partial charge in [0.25, 0.3) is 5.91 Å². The summed E-state index contributed by atoms with van der Waals surface area (Å²) in [6.45, 7) is -0.587. The summed E-state index contributed by atoms with van der Waals surface area (Å²) in [7, 11) is 1.45. The number of carbonyl (C=O) groups excluding carboxylic acids is 2. The summed E-state index contributed by atoms with van der Waals surface area (Å²) in [4.78, 5) is 24.1. The van der Waals surface area contributed by atoms with E-state index >= 15 is 0 Å². The summed E-state index contributed by atoms with van der Waals surface area (Å²) in [6, 6.07) is 13.8. The third kappa shape index (κ3) is 4.99. The number of anilines is 1. The summed E-state index contributed by atoms with van der Waals surface area (Å²) in [6.07, 6.45) is -4.50. The number of para-hydroxylation sites is 2. The van der Waals surface area contributed by atoms with Crippen LogP contribution in [0.5, 0.6) is 5.75 Å². The molecule has 3 aromatic rings. The standard InChI is InChI=1S/C21H16F3NO5/c1-28-17-8-3-2-7-15(17)25-19(26)12-29-20(27)18-10-9-16(30-18)13-5-4-6-14(11-13)21(22,23)24/h2-11H,12H2,1H3,(H,25,26). The molecule has 1 amide bonds. The molecule has 0 unspecified atom stereocenters. The second-order valence-electron chi connectivity index (χ2n) is 6.07. The lowest BCUT2D eigenvalue weighted by Crippen LogP contribution is -2.21. The Morgan fingerprint density at radius 2 is 1.80 bits per heavy atom. The molecule has 156 valence electrons. The van der Waals surface area contributed by atoms with Crippen molar-refractivity contribution in [1.29, 1.82) is 0 Å². The summed E-state index contributed by atoms with van der Waals surface area (Å²) in [5.74, 6) is -1.27. The van der Waals surface area contributed by atoms with E-state index in [0.717, 1.165) is 12.1 Å². The van der Waals surface area contributed by atoms with Gasteiger partial charge >= 0.3 is 12.1 Å². The molecule has 0 aliphatic heterocycles. The number of furan rings is 1. The molecule has 0 atom stereocenters. The highest BCUT2D eigenvalue weighted by molar-refractivity contribution is 5.95. The number of benzene rings is 2. The van der Waals surface area contributed by atoms with Gasteiger partial charge in [-0.2, -0.15) is 13.2 Å². The number of amides is 1. The zero-order chi connectivity index (χ0) is 21.7. The normalized spacial score (nSPS) is 11.1. The van der Waals surface area contributed by atoms with E-state index < -0.39 is 30.2 Å². The molecule has 2 aromatic carbocycles. The number of alkyl halides is 3. The molecule has 0 aliphatic rings. The number of carbonyl (C=O) groups is 2. The Morgan fingerprint density at radius 1 is 1.03 bits per heavy atom. The summed E-state index contributed by atoms with van der Waals surface area (Å²) in [5.41, 5.74) is -0.280. The fraction of sp³-hybridized carbons (Fsp3) is 0.143. The number of nitrogens with one attached hydrogen (secondary N) is 1. The lowest BCUT2D eigenvalue weighted by Gasteiger charge is -2.09. The minimum absolute atomic E-state index is 0.0616. The van der Waals surface area contributed by atoms with Gasteiger partial charge in [-0.3, -0.25) is 4.79 Å². The first-order valence-electron chi connectivity index (χ1n) is 8.65. The first-order valence-corrected chi connectivity index (χ1v) is 8.65. The van der Waals surface area contributed by atoms with E-state index in [0.29, 0.717) is 11.4 Å². The van der Waals surface area contributed by atoms with E-state index in [9.17, 15) is 22.8 Å². The second kappa shape index (κ2) is 8.73. The zero-order valence-electron chi connectivity index (χ0n) is 15.7. The van der Waals surface area contributed by atoms with Crippen LogP contribution in [0.2, 0.25) is 0 Å². The van der Waals surface area contributed by atoms with Gasteiger partial charge in [-0.25, -0.2) is 4.79 Å². The van der Waals surface area contributed by atoms with Crippen molar-refractivity contribution in [3.63, 3.8) is 0 Å². The molecule has 3 rings (SSSR count). The van der Waals surface area contributed by atoms with Crippen LogP contribution in [0.3, 0.4) is 0 Å².